The first-order valence-corrected chi connectivity index (χ1v) is 10.5. The van der Waals surface area contributed by atoms with Gasteiger partial charge < -0.3 is 15.2 Å². The SMILES string of the molecule is Fc1cn(C2CCNCC2)c2nc(Nc3cc(-c4ccnc5cnccc45)[nH]n3)cnc12. The number of nitrogens with zero attached hydrogens (tertiary/aromatic N) is 6. The average molecular weight is 429 g/mol. The monoisotopic (exact) mass is 429 g/mol. The zero-order valence-electron chi connectivity index (χ0n) is 17.1. The number of aromatic nitrogens is 7. The van der Waals surface area contributed by atoms with Crippen LogP contribution in [0.3, 0.4) is 0 Å². The van der Waals surface area contributed by atoms with E-state index < -0.39 is 0 Å². The molecule has 5 aromatic heterocycles. The number of rotatable bonds is 4. The predicted octanol–water partition coefficient (Wildman–Crippen LogP) is 3.57. The van der Waals surface area contributed by atoms with E-state index in [0.29, 0.717) is 17.3 Å². The molecule has 0 unspecified atom stereocenters. The normalized spacial score (nSPS) is 14.9. The number of anilines is 2. The van der Waals surface area contributed by atoms with Gasteiger partial charge >= 0.3 is 0 Å². The highest BCUT2D eigenvalue weighted by Crippen LogP contribution is 2.29. The van der Waals surface area contributed by atoms with Crippen molar-refractivity contribution < 1.29 is 4.39 Å². The van der Waals surface area contributed by atoms with Gasteiger partial charge in [-0.25, -0.2) is 14.4 Å². The summed E-state index contributed by atoms with van der Waals surface area (Å²) >= 11 is 0. The van der Waals surface area contributed by atoms with Crippen molar-refractivity contribution in [2.24, 2.45) is 0 Å². The van der Waals surface area contributed by atoms with Crippen molar-refractivity contribution >= 4 is 33.7 Å². The number of pyridine rings is 2. The summed E-state index contributed by atoms with van der Waals surface area (Å²) in [6, 6.07) is 5.96. The van der Waals surface area contributed by atoms with E-state index >= 15 is 0 Å². The molecule has 9 nitrogen and oxygen atoms in total. The Morgan fingerprint density at radius 2 is 1.97 bits per heavy atom. The third-order valence-electron chi connectivity index (χ3n) is 5.85. The summed E-state index contributed by atoms with van der Waals surface area (Å²) in [6.07, 6.45) is 10.1. The highest BCUT2D eigenvalue weighted by molar-refractivity contribution is 5.93. The smallest absolute Gasteiger partial charge is 0.168 e. The van der Waals surface area contributed by atoms with Gasteiger partial charge in [0.05, 0.1) is 23.6 Å². The van der Waals surface area contributed by atoms with Gasteiger partial charge in [-0.2, -0.15) is 5.10 Å². The zero-order valence-corrected chi connectivity index (χ0v) is 17.1. The lowest BCUT2D eigenvalue weighted by Crippen LogP contribution is -2.29. The molecule has 1 aliphatic heterocycles. The number of aromatic amines is 1. The summed E-state index contributed by atoms with van der Waals surface area (Å²) in [5.74, 6) is 0.749. The van der Waals surface area contributed by atoms with Crippen LogP contribution in [-0.4, -0.2) is 47.8 Å². The molecule has 1 saturated heterocycles. The summed E-state index contributed by atoms with van der Waals surface area (Å²) in [6.45, 7) is 1.82. The molecule has 0 amide bonds. The zero-order chi connectivity index (χ0) is 21.5. The first-order valence-electron chi connectivity index (χ1n) is 10.5. The molecule has 10 heteroatoms. The summed E-state index contributed by atoms with van der Waals surface area (Å²) < 4.78 is 16.4. The van der Waals surface area contributed by atoms with E-state index in [0.717, 1.165) is 48.1 Å². The van der Waals surface area contributed by atoms with Gasteiger partial charge in [0.25, 0.3) is 0 Å². The molecule has 0 spiro atoms. The molecule has 5 aromatic rings. The molecule has 32 heavy (non-hydrogen) atoms. The maximum Gasteiger partial charge on any atom is 0.168 e. The number of nitrogens with one attached hydrogen (secondary N) is 3. The molecule has 3 N–H and O–H groups in total. The number of H-pyrrole nitrogens is 1. The minimum Gasteiger partial charge on any atom is -0.325 e. The molecule has 1 fully saturated rings. The van der Waals surface area contributed by atoms with Gasteiger partial charge in [0, 0.05) is 41.6 Å². The van der Waals surface area contributed by atoms with Crippen LogP contribution in [0, 0.1) is 5.82 Å². The van der Waals surface area contributed by atoms with Gasteiger partial charge in [0.2, 0.25) is 0 Å². The maximum atomic E-state index is 14.5. The van der Waals surface area contributed by atoms with Gasteiger partial charge in [-0.05, 0) is 38.1 Å². The molecular weight excluding hydrogens is 409 g/mol. The van der Waals surface area contributed by atoms with Crippen molar-refractivity contribution in [3.63, 3.8) is 0 Å². The Labute approximate surface area is 182 Å². The highest BCUT2D eigenvalue weighted by atomic mass is 19.1. The largest absolute Gasteiger partial charge is 0.325 e. The molecular formula is C22H20FN9. The topological polar surface area (TPSA) is 109 Å². The van der Waals surface area contributed by atoms with Crippen molar-refractivity contribution in [3.05, 3.63) is 55.0 Å². The molecule has 0 bridgehead atoms. The van der Waals surface area contributed by atoms with Crippen LogP contribution in [-0.2, 0) is 0 Å². The van der Waals surface area contributed by atoms with Crippen molar-refractivity contribution in [2.45, 2.75) is 18.9 Å². The van der Waals surface area contributed by atoms with Gasteiger partial charge in [0.1, 0.15) is 5.52 Å². The van der Waals surface area contributed by atoms with Crippen molar-refractivity contribution in [1.29, 1.82) is 0 Å². The third-order valence-corrected chi connectivity index (χ3v) is 5.85. The third kappa shape index (κ3) is 3.25. The summed E-state index contributed by atoms with van der Waals surface area (Å²) in [7, 11) is 0. The fraction of sp³-hybridized carbons (Fsp3) is 0.227. The van der Waals surface area contributed by atoms with Gasteiger partial charge in [-0.3, -0.25) is 15.1 Å². The molecule has 0 atom stereocenters. The number of hydrogen-bond donors (Lipinski definition) is 3. The lowest BCUT2D eigenvalue weighted by atomic mass is 10.1. The lowest BCUT2D eigenvalue weighted by molar-refractivity contribution is 0.372. The predicted molar refractivity (Wildman–Crippen MR) is 119 cm³/mol. The summed E-state index contributed by atoms with van der Waals surface area (Å²) in [5.41, 5.74) is 3.45. The van der Waals surface area contributed by atoms with E-state index in [9.17, 15) is 4.39 Å². The van der Waals surface area contributed by atoms with Crippen molar-refractivity contribution in [3.8, 4) is 11.3 Å². The molecule has 0 radical (unpaired) electrons. The molecule has 6 heterocycles. The minimum atomic E-state index is -0.348. The Morgan fingerprint density at radius 3 is 2.88 bits per heavy atom. The molecule has 1 aliphatic rings. The Balaban J connectivity index is 1.32. The number of halogens is 1. The first-order chi connectivity index (χ1) is 15.8. The van der Waals surface area contributed by atoms with Crippen LogP contribution in [0.5, 0.6) is 0 Å². The molecule has 160 valence electrons. The maximum absolute atomic E-state index is 14.5. The first kappa shape index (κ1) is 18.8. The van der Waals surface area contributed by atoms with Gasteiger partial charge in [-0.1, -0.05) is 0 Å². The summed E-state index contributed by atoms with van der Waals surface area (Å²) in [4.78, 5) is 17.4. The van der Waals surface area contributed by atoms with E-state index in [2.05, 4.69) is 40.8 Å². The van der Waals surface area contributed by atoms with E-state index in [4.69, 9.17) is 0 Å². The second-order valence-electron chi connectivity index (χ2n) is 7.84. The summed E-state index contributed by atoms with van der Waals surface area (Å²) in [5, 5.41) is 14.9. The van der Waals surface area contributed by atoms with E-state index in [-0.39, 0.29) is 17.4 Å². The minimum absolute atomic E-state index is 0.208. The quantitative estimate of drug-likeness (QED) is 0.401. The molecule has 0 aromatic carbocycles. The number of hydrogen-bond acceptors (Lipinski definition) is 7. The Kier molecular flexibility index (Phi) is 4.50. The lowest BCUT2D eigenvalue weighted by Gasteiger charge is -2.24. The molecule has 0 saturated carbocycles. The highest BCUT2D eigenvalue weighted by Gasteiger charge is 2.21. The standard InChI is InChI=1S/C22H20FN9/c23-16-12-32(13-1-5-24-6-2-13)22-21(16)27-11-20(29-22)28-19-9-17(30-31-19)14-4-8-26-18-10-25-7-3-15(14)18/h3-4,7-13,24H,1-2,5-6H2,(H2,28,29,30,31). The average Bonchev–Trinajstić information content (AvgIpc) is 3.43. The van der Waals surface area contributed by atoms with Crippen LogP contribution in [0.4, 0.5) is 16.0 Å². The van der Waals surface area contributed by atoms with Crippen LogP contribution in [0.1, 0.15) is 18.9 Å². The second kappa shape index (κ2) is 7.65. The van der Waals surface area contributed by atoms with Crippen LogP contribution < -0.4 is 10.6 Å². The Morgan fingerprint density at radius 1 is 1.06 bits per heavy atom. The van der Waals surface area contributed by atoms with Crippen LogP contribution in [0.2, 0.25) is 0 Å². The van der Waals surface area contributed by atoms with Crippen LogP contribution in [0.15, 0.2) is 49.2 Å². The van der Waals surface area contributed by atoms with Gasteiger partial charge in [0.15, 0.2) is 23.1 Å². The second-order valence-corrected chi connectivity index (χ2v) is 7.84. The molecule has 6 rings (SSSR count). The van der Waals surface area contributed by atoms with E-state index in [1.54, 1.807) is 18.6 Å². The van der Waals surface area contributed by atoms with Gasteiger partial charge in [-0.15, -0.1) is 0 Å². The van der Waals surface area contributed by atoms with Crippen molar-refractivity contribution in [2.75, 3.05) is 18.4 Å². The van der Waals surface area contributed by atoms with Crippen LogP contribution in [0.25, 0.3) is 33.3 Å². The van der Waals surface area contributed by atoms with Crippen molar-refractivity contribution in [1.82, 2.24) is 40.0 Å². The number of fused-ring (bicyclic) bond motifs is 2. The molecule has 0 aliphatic carbocycles. The fourth-order valence-electron chi connectivity index (χ4n) is 4.28. The Hall–Kier alpha value is -3.92. The van der Waals surface area contributed by atoms with Crippen LogP contribution >= 0.6 is 0 Å². The fourth-order valence-corrected chi connectivity index (χ4v) is 4.28. The van der Waals surface area contributed by atoms with E-state index in [1.165, 1.54) is 12.4 Å². The van der Waals surface area contributed by atoms with E-state index in [1.807, 2.05) is 22.8 Å². The Bertz CT molecular complexity index is 1410. The number of piperidine rings is 1.